The van der Waals surface area contributed by atoms with Crippen LogP contribution in [0.15, 0.2) is 48.8 Å². The van der Waals surface area contributed by atoms with E-state index in [2.05, 4.69) is 45.8 Å². The third-order valence-electron chi connectivity index (χ3n) is 5.72. The number of nitrogens with zero attached hydrogens (tertiary/aromatic N) is 4. The van der Waals surface area contributed by atoms with Crippen molar-refractivity contribution in [3.63, 3.8) is 0 Å². The molecule has 1 N–H and O–H groups in total. The number of aryl methyl sites for hydroxylation is 2. The molecule has 3 aromatic rings. The van der Waals surface area contributed by atoms with E-state index in [9.17, 15) is 4.79 Å². The molecule has 0 amide bonds. The Kier molecular flexibility index (Phi) is 6.23. The van der Waals surface area contributed by atoms with Gasteiger partial charge in [0, 0.05) is 23.8 Å². The van der Waals surface area contributed by atoms with Crippen LogP contribution in [0.2, 0.25) is 0 Å². The molecule has 0 bridgehead atoms. The molecule has 1 fully saturated rings. The number of carbonyl (C=O) groups is 1. The Labute approximate surface area is 193 Å². The van der Waals surface area contributed by atoms with Crippen molar-refractivity contribution in [1.29, 1.82) is 0 Å². The zero-order valence-corrected chi connectivity index (χ0v) is 19.5. The van der Waals surface area contributed by atoms with Gasteiger partial charge in [0.15, 0.2) is 5.11 Å². The largest absolute Gasteiger partial charge is 0.465 e. The number of rotatable bonds is 6. The number of aromatic nitrogens is 3. The van der Waals surface area contributed by atoms with Crippen LogP contribution in [0.25, 0.3) is 5.82 Å². The Balaban J connectivity index is 1.80. The Morgan fingerprint density at radius 1 is 1.19 bits per heavy atom. The van der Waals surface area contributed by atoms with Crippen molar-refractivity contribution in [3.8, 4) is 5.82 Å². The molecule has 32 heavy (non-hydrogen) atoms. The number of nitrogens with one attached hydrogen (secondary N) is 1. The van der Waals surface area contributed by atoms with Gasteiger partial charge in [-0.2, -0.15) is 0 Å². The molecule has 0 unspecified atom stereocenters. The summed E-state index contributed by atoms with van der Waals surface area (Å²) in [6.07, 6.45) is 3.63. The molecular formula is C24H27N5O2S. The van der Waals surface area contributed by atoms with Crippen molar-refractivity contribution < 1.29 is 9.53 Å². The second-order valence-electron chi connectivity index (χ2n) is 7.92. The summed E-state index contributed by atoms with van der Waals surface area (Å²) in [6, 6.07) is 11.6. The van der Waals surface area contributed by atoms with Gasteiger partial charge in [-0.15, -0.1) is 0 Å². The SMILES string of the molecule is CCOC(=O)CN1C(=S)N[C@H](c2ccccn2)[C@H]1c1cc(C)n(-c2ccc(C)cn2)c1C. The average molecular weight is 450 g/mol. The van der Waals surface area contributed by atoms with Crippen LogP contribution in [0.3, 0.4) is 0 Å². The quantitative estimate of drug-likeness (QED) is 0.454. The normalized spacial score (nSPS) is 18.0. The molecule has 166 valence electrons. The standard InChI is InChI=1S/C24H27N5O2S/c1-5-31-21(30)14-28-23(22(27-24(28)32)19-8-6-7-11-25-19)18-12-16(3)29(17(18)4)20-10-9-15(2)13-26-20/h6-13,22-23H,5,14H2,1-4H3,(H,27,32)/t22-,23-/m1/s1. The monoisotopic (exact) mass is 449 g/mol. The Hall–Kier alpha value is -3.26. The first-order chi connectivity index (χ1) is 15.4. The van der Waals surface area contributed by atoms with E-state index in [1.807, 2.05) is 42.3 Å². The van der Waals surface area contributed by atoms with Gasteiger partial charge in [0.2, 0.25) is 0 Å². The van der Waals surface area contributed by atoms with Crippen molar-refractivity contribution >= 4 is 23.3 Å². The maximum Gasteiger partial charge on any atom is 0.325 e. The lowest BCUT2D eigenvalue weighted by molar-refractivity contribution is -0.143. The molecule has 0 aliphatic carbocycles. The smallest absolute Gasteiger partial charge is 0.325 e. The third-order valence-corrected chi connectivity index (χ3v) is 6.07. The Morgan fingerprint density at radius 3 is 2.66 bits per heavy atom. The van der Waals surface area contributed by atoms with E-state index in [0.717, 1.165) is 34.0 Å². The second kappa shape index (κ2) is 9.08. The molecule has 2 atom stereocenters. The van der Waals surface area contributed by atoms with Crippen molar-refractivity contribution in [2.75, 3.05) is 13.2 Å². The lowest BCUT2D eigenvalue weighted by atomic mass is 9.97. The summed E-state index contributed by atoms with van der Waals surface area (Å²) in [5, 5.41) is 3.89. The molecule has 8 heteroatoms. The predicted octanol–water partition coefficient (Wildman–Crippen LogP) is 3.73. The first-order valence-corrected chi connectivity index (χ1v) is 11.1. The summed E-state index contributed by atoms with van der Waals surface area (Å²) in [7, 11) is 0. The van der Waals surface area contributed by atoms with Gasteiger partial charge >= 0.3 is 5.97 Å². The number of hydrogen-bond donors (Lipinski definition) is 1. The van der Waals surface area contributed by atoms with E-state index in [1.165, 1.54) is 0 Å². The highest BCUT2D eigenvalue weighted by molar-refractivity contribution is 7.80. The number of esters is 1. The number of ether oxygens (including phenoxy) is 1. The van der Waals surface area contributed by atoms with Crippen LogP contribution in [-0.2, 0) is 9.53 Å². The lowest BCUT2D eigenvalue weighted by Crippen LogP contribution is -2.35. The fourth-order valence-corrected chi connectivity index (χ4v) is 4.60. The van der Waals surface area contributed by atoms with Gasteiger partial charge in [-0.3, -0.25) is 9.78 Å². The van der Waals surface area contributed by atoms with Crippen LogP contribution >= 0.6 is 12.2 Å². The van der Waals surface area contributed by atoms with E-state index in [-0.39, 0.29) is 24.6 Å². The molecule has 7 nitrogen and oxygen atoms in total. The molecule has 3 aromatic heterocycles. The lowest BCUT2D eigenvalue weighted by Gasteiger charge is -2.27. The fraction of sp³-hybridized carbons (Fsp3) is 0.333. The molecule has 0 saturated carbocycles. The van der Waals surface area contributed by atoms with Gasteiger partial charge in [-0.05, 0) is 75.3 Å². The minimum Gasteiger partial charge on any atom is -0.465 e. The maximum absolute atomic E-state index is 12.4. The van der Waals surface area contributed by atoms with Crippen molar-refractivity contribution in [1.82, 2.24) is 24.8 Å². The molecule has 0 radical (unpaired) electrons. The van der Waals surface area contributed by atoms with Crippen LogP contribution in [-0.4, -0.2) is 43.7 Å². The Morgan fingerprint density at radius 2 is 2.00 bits per heavy atom. The average Bonchev–Trinajstić information content (AvgIpc) is 3.25. The van der Waals surface area contributed by atoms with Crippen molar-refractivity contribution in [2.45, 2.75) is 39.8 Å². The topological polar surface area (TPSA) is 72.3 Å². The predicted molar refractivity (Wildman–Crippen MR) is 127 cm³/mol. The minimum atomic E-state index is -0.308. The number of hydrogen-bond acceptors (Lipinski definition) is 5. The van der Waals surface area contributed by atoms with Gasteiger partial charge in [-0.25, -0.2) is 4.98 Å². The van der Waals surface area contributed by atoms with Crippen LogP contribution in [0.1, 0.15) is 47.2 Å². The molecule has 1 aliphatic rings. The van der Waals surface area contributed by atoms with Gasteiger partial charge in [-0.1, -0.05) is 12.1 Å². The molecule has 1 aliphatic heterocycles. The van der Waals surface area contributed by atoms with E-state index in [4.69, 9.17) is 17.0 Å². The minimum absolute atomic E-state index is 0.0696. The molecule has 1 saturated heterocycles. The van der Waals surface area contributed by atoms with E-state index in [0.29, 0.717) is 11.7 Å². The third kappa shape index (κ3) is 4.10. The zero-order valence-electron chi connectivity index (χ0n) is 18.7. The zero-order chi connectivity index (χ0) is 22.8. The first-order valence-electron chi connectivity index (χ1n) is 10.7. The maximum atomic E-state index is 12.4. The summed E-state index contributed by atoms with van der Waals surface area (Å²) in [5.41, 5.74) is 5.15. The summed E-state index contributed by atoms with van der Waals surface area (Å²) in [6.45, 7) is 8.35. The number of thiocarbonyl (C=S) groups is 1. The summed E-state index contributed by atoms with van der Waals surface area (Å²) >= 11 is 5.65. The van der Waals surface area contributed by atoms with Crippen LogP contribution in [0.4, 0.5) is 0 Å². The molecule has 0 aromatic carbocycles. The second-order valence-corrected chi connectivity index (χ2v) is 8.30. The first kappa shape index (κ1) is 22.0. The molecule has 4 heterocycles. The van der Waals surface area contributed by atoms with E-state index in [1.54, 1.807) is 13.1 Å². The number of pyridine rings is 2. The van der Waals surface area contributed by atoms with E-state index < -0.39 is 0 Å². The van der Waals surface area contributed by atoms with Crippen molar-refractivity contribution in [3.05, 3.63) is 77.0 Å². The highest BCUT2D eigenvalue weighted by Gasteiger charge is 2.42. The van der Waals surface area contributed by atoms with E-state index >= 15 is 0 Å². The fourth-order valence-electron chi connectivity index (χ4n) is 4.29. The Bertz CT molecular complexity index is 1130. The van der Waals surface area contributed by atoms with Gasteiger partial charge in [0.25, 0.3) is 0 Å². The molecular weight excluding hydrogens is 422 g/mol. The van der Waals surface area contributed by atoms with Gasteiger partial charge < -0.3 is 19.5 Å². The molecule has 0 spiro atoms. The van der Waals surface area contributed by atoms with Crippen LogP contribution in [0.5, 0.6) is 0 Å². The highest BCUT2D eigenvalue weighted by atomic mass is 32.1. The van der Waals surface area contributed by atoms with Gasteiger partial charge in [0.05, 0.1) is 24.4 Å². The summed E-state index contributed by atoms with van der Waals surface area (Å²) < 4.78 is 7.35. The van der Waals surface area contributed by atoms with Crippen LogP contribution < -0.4 is 5.32 Å². The summed E-state index contributed by atoms with van der Waals surface area (Å²) in [5.74, 6) is 0.550. The molecule has 4 rings (SSSR count). The van der Waals surface area contributed by atoms with Gasteiger partial charge in [0.1, 0.15) is 12.4 Å². The van der Waals surface area contributed by atoms with Crippen LogP contribution in [0, 0.1) is 20.8 Å². The summed E-state index contributed by atoms with van der Waals surface area (Å²) in [4.78, 5) is 23.5. The number of carbonyl (C=O) groups excluding carboxylic acids is 1. The van der Waals surface area contributed by atoms with Crippen molar-refractivity contribution in [2.24, 2.45) is 0 Å². The highest BCUT2D eigenvalue weighted by Crippen LogP contribution is 2.41.